The summed E-state index contributed by atoms with van der Waals surface area (Å²) in [5.41, 5.74) is 2.73. The van der Waals surface area contributed by atoms with Crippen LogP contribution < -0.4 is 10.9 Å². The van der Waals surface area contributed by atoms with Crippen LogP contribution in [0.1, 0.15) is 28.4 Å². The molecule has 126 valence electrons. The van der Waals surface area contributed by atoms with E-state index in [2.05, 4.69) is 12.2 Å². The zero-order chi connectivity index (χ0) is 17.6. The number of aromatic nitrogens is 1. The predicted octanol–water partition coefficient (Wildman–Crippen LogP) is 3.71. The van der Waals surface area contributed by atoms with Gasteiger partial charge in [0.1, 0.15) is 5.56 Å². The summed E-state index contributed by atoms with van der Waals surface area (Å²) in [5, 5.41) is 2.79. The molecule has 0 atom stereocenters. The third-order valence-corrected chi connectivity index (χ3v) is 4.08. The summed E-state index contributed by atoms with van der Waals surface area (Å²) in [7, 11) is 0. The van der Waals surface area contributed by atoms with Crippen molar-refractivity contribution in [2.24, 2.45) is 0 Å². The average Bonchev–Trinajstić information content (AvgIpc) is 2.65. The van der Waals surface area contributed by atoms with E-state index in [-0.39, 0.29) is 11.1 Å². The molecule has 0 spiro atoms. The van der Waals surface area contributed by atoms with Crippen LogP contribution in [0.25, 0.3) is 0 Å². The molecule has 4 nitrogen and oxygen atoms in total. The molecule has 0 aliphatic heterocycles. The normalized spacial score (nSPS) is 10.4. The number of anilines is 1. The molecule has 3 rings (SSSR count). The molecule has 0 aliphatic carbocycles. The number of nitrogens with one attached hydrogen (secondary N) is 1. The number of carbonyl (C=O) groups excluding carboxylic acids is 1. The van der Waals surface area contributed by atoms with Gasteiger partial charge in [-0.1, -0.05) is 49.4 Å². The van der Waals surface area contributed by atoms with Crippen LogP contribution in [-0.2, 0) is 13.0 Å². The molecule has 0 fully saturated rings. The first-order valence-electron chi connectivity index (χ1n) is 8.31. The topological polar surface area (TPSA) is 51.1 Å². The summed E-state index contributed by atoms with van der Waals surface area (Å²) in [6.45, 7) is 2.51. The standard InChI is InChI=1S/C21H20N2O2/c1-2-16-10-12-18(13-11-16)22-20(24)19-9-6-14-23(21(19)25)15-17-7-4-3-5-8-17/h3-14H,2,15H2,1H3,(H,22,24). The summed E-state index contributed by atoms with van der Waals surface area (Å²) in [6, 6.07) is 20.6. The van der Waals surface area contributed by atoms with Gasteiger partial charge in [0, 0.05) is 11.9 Å². The Morgan fingerprint density at radius 2 is 1.64 bits per heavy atom. The number of nitrogens with zero attached hydrogens (tertiary/aromatic N) is 1. The van der Waals surface area contributed by atoms with E-state index in [4.69, 9.17) is 0 Å². The number of pyridine rings is 1. The number of amides is 1. The van der Waals surface area contributed by atoms with Gasteiger partial charge in [-0.05, 0) is 41.8 Å². The first-order valence-corrected chi connectivity index (χ1v) is 8.31. The maximum atomic E-state index is 12.6. The second-order valence-electron chi connectivity index (χ2n) is 5.85. The minimum Gasteiger partial charge on any atom is -0.322 e. The Morgan fingerprint density at radius 1 is 0.920 bits per heavy atom. The van der Waals surface area contributed by atoms with Crippen molar-refractivity contribution in [2.45, 2.75) is 19.9 Å². The van der Waals surface area contributed by atoms with Gasteiger partial charge in [0.25, 0.3) is 11.5 Å². The van der Waals surface area contributed by atoms with Crippen LogP contribution >= 0.6 is 0 Å². The molecule has 3 aromatic rings. The highest BCUT2D eigenvalue weighted by atomic mass is 16.2. The van der Waals surface area contributed by atoms with Gasteiger partial charge >= 0.3 is 0 Å². The zero-order valence-corrected chi connectivity index (χ0v) is 14.1. The molecule has 0 saturated carbocycles. The molecule has 0 saturated heterocycles. The first kappa shape index (κ1) is 16.7. The van der Waals surface area contributed by atoms with Crippen molar-refractivity contribution in [2.75, 3.05) is 5.32 Å². The van der Waals surface area contributed by atoms with Crippen LogP contribution in [0.4, 0.5) is 5.69 Å². The second kappa shape index (κ2) is 7.62. The fraction of sp³-hybridized carbons (Fsp3) is 0.143. The zero-order valence-electron chi connectivity index (χ0n) is 14.1. The Balaban J connectivity index is 1.80. The number of hydrogen-bond acceptors (Lipinski definition) is 2. The minimum atomic E-state index is -0.392. The first-order chi connectivity index (χ1) is 12.2. The highest BCUT2D eigenvalue weighted by Gasteiger charge is 2.12. The minimum absolute atomic E-state index is 0.137. The Kier molecular flexibility index (Phi) is 5.09. The average molecular weight is 332 g/mol. The highest BCUT2D eigenvalue weighted by molar-refractivity contribution is 6.03. The van der Waals surface area contributed by atoms with E-state index in [0.29, 0.717) is 12.2 Å². The van der Waals surface area contributed by atoms with E-state index in [0.717, 1.165) is 12.0 Å². The molecule has 1 heterocycles. The Labute approximate surface area is 146 Å². The summed E-state index contributed by atoms with van der Waals surface area (Å²) in [4.78, 5) is 25.1. The predicted molar refractivity (Wildman–Crippen MR) is 100 cm³/mol. The van der Waals surface area contributed by atoms with Crippen LogP contribution in [0.15, 0.2) is 77.7 Å². The van der Waals surface area contributed by atoms with E-state index < -0.39 is 5.91 Å². The number of aryl methyl sites for hydroxylation is 1. The van der Waals surface area contributed by atoms with Gasteiger partial charge in [-0.15, -0.1) is 0 Å². The number of carbonyl (C=O) groups is 1. The lowest BCUT2D eigenvalue weighted by atomic mass is 10.1. The summed E-state index contributed by atoms with van der Waals surface area (Å²) < 4.78 is 1.55. The number of benzene rings is 2. The van der Waals surface area contributed by atoms with Crippen molar-refractivity contribution in [3.63, 3.8) is 0 Å². The monoisotopic (exact) mass is 332 g/mol. The SMILES string of the molecule is CCc1ccc(NC(=O)c2cccn(Cc3ccccc3)c2=O)cc1. The van der Waals surface area contributed by atoms with Crippen molar-refractivity contribution in [1.29, 1.82) is 0 Å². The molecular formula is C21H20N2O2. The van der Waals surface area contributed by atoms with Gasteiger partial charge < -0.3 is 9.88 Å². The van der Waals surface area contributed by atoms with Crippen molar-refractivity contribution in [3.05, 3.63) is 100.0 Å². The fourth-order valence-electron chi connectivity index (χ4n) is 2.64. The Bertz CT molecular complexity index is 913. The van der Waals surface area contributed by atoms with E-state index in [1.54, 1.807) is 22.9 Å². The fourth-order valence-corrected chi connectivity index (χ4v) is 2.64. The molecule has 1 N–H and O–H groups in total. The summed E-state index contributed by atoms with van der Waals surface area (Å²) in [6.07, 6.45) is 2.64. The van der Waals surface area contributed by atoms with E-state index >= 15 is 0 Å². The molecule has 0 bridgehead atoms. The molecule has 0 radical (unpaired) electrons. The van der Waals surface area contributed by atoms with Crippen molar-refractivity contribution >= 4 is 11.6 Å². The van der Waals surface area contributed by atoms with Crippen LogP contribution in [0.2, 0.25) is 0 Å². The lowest BCUT2D eigenvalue weighted by molar-refractivity contribution is 0.102. The van der Waals surface area contributed by atoms with Gasteiger partial charge in [-0.2, -0.15) is 0 Å². The summed E-state index contributed by atoms with van der Waals surface area (Å²) in [5.74, 6) is -0.392. The molecule has 0 unspecified atom stereocenters. The lowest BCUT2D eigenvalue weighted by Gasteiger charge is -2.09. The van der Waals surface area contributed by atoms with Crippen LogP contribution in [-0.4, -0.2) is 10.5 Å². The van der Waals surface area contributed by atoms with Gasteiger partial charge in [-0.25, -0.2) is 0 Å². The van der Waals surface area contributed by atoms with E-state index in [1.807, 2.05) is 54.6 Å². The molecule has 0 aliphatic rings. The van der Waals surface area contributed by atoms with E-state index in [9.17, 15) is 9.59 Å². The van der Waals surface area contributed by atoms with Crippen molar-refractivity contribution in [3.8, 4) is 0 Å². The lowest BCUT2D eigenvalue weighted by Crippen LogP contribution is -2.29. The van der Waals surface area contributed by atoms with Gasteiger partial charge in [0.15, 0.2) is 0 Å². The maximum Gasteiger partial charge on any atom is 0.263 e. The van der Waals surface area contributed by atoms with E-state index in [1.165, 1.54) is 5.56 Å². The maximum absolute atomic E-state index is 12.6. The molecule has 1 amide bonds. The van der Waals surface area contributed by atoms with Crippen molar-refractivity contribution in [1.82, 2.24) is 4.57 Å². The van der Waals surface area contributed by atoms with Gasteiger partial charge in [0.2, 0.25) is 0 Å². The third-order valence-electron chi connectivity index (χ3n) is 4.08. The Hall–Kier alpha value is -3.14. The van der Waals surface area contributed by atoms with Crippen molar-refractivity contribution < 1.29 is 4.79 Å². The molecule has 25 heavy (non-hydrogen) atoms. The Morgan fingerprint density at radius 3 is 2.32 bits per heavy atom. The van der Waals surface area contributed by atoms with Crippen LogP contribution in [0.5, 0.6) is 0 Å². The third kappa shape index (κ3) is 4.04. The number of hydrogen-bond donors (Lipinski definition) is 1. The largest absolute Gasteiger partial charge is 0.322 e. The van der Waals surface area contributed by atoms with Crippen LogP contribution in [0, 0.1) is 0 Å². The molecule has 1 aromatic heterocycles. The molecular weight excluding hydrogens is 312 g/mol. The molecule has 4 heteroatoms. The quantitative estimate of drug-likeness (QED) is 0.774. The smallest absolute Gasteiger partial charge is 0.263 e. The van der Waals surface area contributed by atoms with Crippen LogP contribution in [0.3, 0.4) is 0 Å². The second-order valence-corrected chi connectivity index (χ2v) is 5.85. The molecule has 2 aromatic carbocycles. The van der Waals surface area contributed by atoms with Gasteiger partial charge in [0.05, 0.1) is 6.54 Å². The number of rotatable bonds is 5. The van der Waals surface area contributed by atoms with Gasteiger partial charge in [-0.3, -0.25) is 9.59 Å². The highest BCUT2D eigenvalue weighted by Crippen LogP contribution is 2.11. The summed E-state index contributed by atoms with van der Waals surface area (Å²) >= 11 is 0.